The standard InChI is InChI=1S/C11H14ClNO3S/c1-7(4-11(15)16)6-13-10(14)5-8-2-3-9(12)17-8/h2-3,7H,4-6H2,1H3,(H,13,14)(H,15,16). The average Bonchev–Trinajstić information content (AvgIpc) is 2.60. The smallest absolute Gasteiger partial charge is 0.303 e. The van der Waals surface area contributed by atoms with Gasteiger partial charge in [0.2, 0.25) is 5.91 Å². The van der Waals surface area contributed by atoms with Gasteiger partial charge in [-0.2, -0.15) is 0 Å². The fraction of sp³-hybridized carbons (Fsp3) is 0.455. The maximum Gasteiger partial charge on any atom is 0.303 e. The minimum atomic E-state index is -0.850. The van der Waals surface area contributed by atoms with E-state index < -0.39 is 5.97 Å². The molecule has 1 aromatic rings. The van der Waals surface area contributed by atoms with Crippen LogP contribution in [0.15, 0.2) is 12.1 Å². The van der Waals surface area contributed by atoms with Crippen LogP contribution in [0.5, 0.6) is 0 Å². The zero-order valence-corrected chi connectivity index (χ0v) is 11.0. The topological polar surface area (TPSA) is 66.4 Å². The van der Waals surface area contributed by atoms with Gasteiger partial charge in [0.1, 0.15) is 0 Å². The summed E-state index contributed by atoms with van der Waals surface area (Å²) in [5.41, 5.74) is 0. The van der Waals surface area contributed by atoms with Crippen LogP contribution in [0.3, 0.4) is 0 Å². The molecule has 4 nitrogen and oxygen atoms in total. The molecule has 1 rings (SSSR count). The summed E-state index contributed by atoms with van der Waals surface area (Å²) in [6.45, 7) is 2.17. The third-order valence-corrected chi connectivity index (χ3v) is 3.37. The summed E-state index contributed by atoms with van der Waals surface area (Å²) in [6, 6.07) is 3.56. The van der Waals surface area contributed by atoms with Gasteiger partial charge >= 0.3 is 5.97 Å². The number of carbonyl (C=O) groups is 2. The summed E-state index contributed by atoms with van der Waals surface area (Å²) in [7, 11) is 0. The van der Waals surface area contributed by atoms with Gasteiger partial charge in [0.25, 0.3) is 0 Å². The van der Waals surface area contributed by atoms with Crippen molar-refractivity contribution in [3.63, 3.8) is 0 Å². The van der Waals surface area contributed by atoms with E-state index in [0.717, 1.165) is 4.88 Å². The van der Waals surface area contributed by atoms with E-state index in [9.17, 15) is 9.59 Å². The Morgan fingerprint density at radius 1 is 1.53 bits per heavy atom. The normalized spacial score (nSPS) is 12.1. The lowest BCUT2D eigenvalue weighted by Crippen LogP contribution is -2.30. The van der Waals surface area contributed by atoms with E-state index in [4.69, 9.17) is 16.7 Å². The van der Waals surface area contributed by atoms with Gasteiger partial charge in [-0.05, 0) is 18.1 Å². The largest absolute Gasteiger partial charge is 0.481 e. The molecule has 0 aliphatic carbocycles. The number of hydrogen-bond acceptors (Lipinski definition) is 3. The van der Waals surface area contributed by atoms with Gasteiger partial charge in [-0.1, -0.05) is 18.5 Å². The van der Waals surface area contributed by atoms with Crippen LogP contribution in [0.1, 0.15) is 18.2 Å². The van der Waals surface area contributed by atoms with Crippen LogP contribution < -0.4 is 5.32 Å². The Morgan fingerprint density at radius 3 is 2.76 bits per heavy atom. The molecule has 17 heavy (non-hydrogen) atoms. The number of carboxylic acid groups (broad SMARTS) is 1. The average molecular weight is 276 g/mol. The maximum atomic E-state index is 11.5. The summed E-state index contributed by atoms with van der Waals surface area (Å²) in [5.74, 6) is -1.03. The number of thiophene rings is 1. The van der Waals surface area contributed by atoms with Crippen molar-refractivity contribution in [1.82, 2.24) is 5.32 Å². The molecule has 0 spiro atoms. The third-order valence-electron chi connectivity index (χ3n) is 2.13. The summed E-state index contributed by atoms with van der Waals surface area (Å²) in [6.07, 6.45) is 0.349. The van der Waals surface area contributed by atoms with Gasteiger partial charge < -0.3 is 10.4 Å². The first-order valence-electron chi connectivity index (χ1n) is 5.20. The molecule has 6 heteroatoms. The van der Waals surface area contributed by atoms with Gasteiger partial charge in [0.15, 0.2) is 0 Å². The summed E-state index contributed by atoms with van der Waals surface area (Å²) >= 11 is 7.12. The molecule has 1 unspecified atom stereocenters. The van der Waals surface area contributed by atoms with E-state index in [0.29, 0.717) is 10.9 Å². The van der Waals surface area contributed by atoms with E-state index in [1.54, 1.807) is 13.0 Å². The number of carbonyl (C=O) groups excluding carboxylic acids is 1. The lowest BCUT2D eigenvalue weighted by atomic mass is 10.1. The number of hydrogen-bond donors (Lipinski definition) is 2. The predicted octanol–water partition coefficient (Wildman–Crippen LogP) is 2.17. The first-order valence-corrected chi connectivity index (χ1v) is 6.39. The van der Waals surface area contributed by atoms with Gasteiger partial charge in [-0.15, -0.1) is 11.3 Å². The maximum absolute atomic E-state index is 11.5. The number of carboxylic acids is 1. The van der Waals surface area contributed by atoms with Crippen molar-refractivity contribution in [1.29, 1.82) is 0 Å². The van der Waals surface area contributed by atoms with Crippen molar-refractivity contribution < 1.29 is 14.7 Å². The van der Waals surface area contributed by atoms with E-state index in [-0.39, 0.29) is 24.7 Å². The lowest BCUT2D eigenvalue weighted by molar-refractivity contribution is -0.138. The van der Waals surface area contributed by atoms with Crippen molar-refractivity contribution in [2.75, 3.05) is 6.54 Å². The molecule has 0 saturated carbocycles. The Balaban J connectivity index is 2.28. The fourth-order valence-corrected chi connectivity index (χ4v) is 2.41. The fourth-order valence-electron chi connectivity index (χ4n) is 1.33. The minimum Gasteiger partial charge on any atom is -0.481 e. The van der Waals surface area contributed by atoms with E-state index in [1.807, 2.05) is 6.07 Å². The summed E-state index contributed by atoms with van der Waals surface area (Å²) < 4.78 is 0.659. The first kappa shape index (κ1) is 14.0. The highest BCUT2D eigenvalue weighted by Gasteiger charge is 2.10. The monoisotopic (exact) mass is 275 g/mol. The molecule has 0 fully saturated rings. The van der Waals surface area contributed by atoms with Crippen LogP contribution in [0.4, 0.5) is 0 Å². The minimum absolute atomic E-state index is 0.0606. The molecule has 0 aliphatic heterocycles. The Labute approximate surface area is 109 Å². The van der Waals surface area contributed by atoms with Crippen molar-refractivity contribution in [3.05, 3.63) is 21.3 Å². The number of halogens is 1. The van der Waals surface area contributed by atoms with Crippen LogP contribution in [0.25, 0.3) is 0 Å². The van der Waals surface area contributed by atoms with Crippen LogP contribution in [-0.4, -0.2) is 23.5 Å². The predicted molar refractivity (Wildman–Crippen MR) is 67.5 cm³/mol. The Kier molecular flexibility index (Phi) is 5.44. The quantitative estimate of drug-likeness (QED) is 0.836. The highest BCUT2D eigenvalue weighted by Crippen LogP contribution is 2.21. The summed E-state index contributed by atoms with van der Waals surface area (Å²) in [4.78, 5) is 22.8. The van der Waals surface area contributed by atoms with Gasteiger partial charge in [0.05, 0.1) is 10.8 Å². The second-order valence-electron chi connectivity index (χ2n) is 3.89. The zero-order valence-electron chi connectivity index (χ0n) is 9.40. The van der Waals surface area contributed by atoms with Crippen LogP contribution >= 0.6 is 22.9 Å². The van der Waals surface area contributed by atoms with Gasteiger partial charge in [0, 0.05) is 17.8 Å². The van der Waals surface area contributed by atoms with Crippen molar-refractivity contribution in [2.24, 2.45) is 5.92 Å². The van der Waals surface area contributed by atoms with Gasteiger partial charge in [-0.25, -0.2) is 0 Å². The van der Waals surface area contributed by atoms with Crippen LogP contribution in [-0.2, 0) is 16.0 Å². The Morgan fingerprint density at radius 2 is 2.24 bits per heavy atom. The number of rotatable bonds is 6. The SMILES string of the molecule is CC(CNC(=O)Cc1ccc(Cl)s1)CC(=O)O. The molecule has 1 aromatic heterocycles. The Bertz CT molecular complexity index is 405. The van der Waals surface area contributed by atoms with E-state index in [1.165, 1.54) is 11.3 Å². The molecule has 1 atom stereocenters. The molecule has 2 N–H and O–H groups in total. The number of aliphatic carboxylic acids is 1. The molecular weight excluding hydrogens is 262 g/mol. The van der Waals surface area contributed by atoms with Gasteiger partial charge in [-0.3, -0.25) is 9.59 Å². The van der Waals surface area contributed by atoms with E-state index in [2.05, 4.69) is 5.32 Å². The number of amides is 1. The second-order valence-corrected chi connectivity index (χ2v) is 5.69. The lowest BCUT2D eigenvalue weighted by Gasteiger charge is -2.09. The molecule has 0 saturated heterocycles. The molecule has 94 valence electrons. The second kappa shape index (κ2) is 6.61. The van der Waals surface area contributed by atoms with E-state index >= 15 is 0 Å². The molecule has 0 radical (unpaired) electrons. The molecule has 1 heterocycles. The van der Waals surface area contributed by atoms with Crippen LogP contribution in [0.2, 0.25) is 4.34 Å². The molecule has 0 aromatic carbocycles. The molecule has 1 amide bonds. The molecular formula is C11H14ClNO3S. The van der Waals surface area contributed by atoms with Crippen molar-refractivity contribution in [2.45, 2.75) is 19.8 Å². The molecule has 0 bridgehead atoms. The summed E-state index contributed by atoms with van der Waals surface area (Å²) in [5, 5.41) is 11.3. The molecule has 0 aliphatic rings. The number of nitrogens with one attached hydrogen (secondary N) is 1. The van der Waals surface area contributed by atoms with Crippen molar-refractivity contribution in [3.8, 4) is 0 Å². The highest BCUT2D eigenvalue weighted by atomic mass is 35.5. The first-order chi connectivity index (χ1) is 7.97. The van der Waals surface area contributed by atoms with Crippen molar-refractivity contribution >= 4 is 34.8 Å². The Hall–Kier alpha value is -1.07. The highest BCUT2D eigenvalue weighted by molar-refractivity contribution is 7.16. The van der Waals surface area contributed by atoms with Crippen LogP contribution in [0, 0.1) is 5.92 Å². The zero-order chi connectivity index (χ0) is 12.8. The third kappa shape index (κ3) is 5.70.